The molecule has 1 aromatic heterocycles. The molecule has 148 valence electrons. The largest absolute Gasteiger partial charge is 0.495 e. The second-order valence-corrected chi connectivity index (χ2v) is 6.23. The van der Waals surface area contributed by atoms with Gasteiger partial charge in [0.05, 0.1) is 24.8 Å². The summed E-state index contributed by atoms with van der Waals surface area (Å²) >= 11 is 0. The Kier molecular flexibility index (Phi) is 6.42. The van der Waals surface area contributed by atoms with Gasteiger partial charge >= 0.3 is 0 Å². The Labute approximate surface area is 169 Å². The normalized spacial score (nSPS) is 10.1. The van der Waals surface area contributed by atoms with Crippen LogP contribution in [0.4, 0.5) is 17.2 Å². The summed E-state index contributed by atoms with van der Waals surface area (Å²) in [4.78, 5) is 28.6. The Morgan fingerprint density at radius 3 is 2.48 bits per heavy atom. The smallest absolute Gasteiger partial charge is 0.259 e. The van der Waals surface area contributed by atoms with E-state index in [4.69, 9.17) is 4.74 Å². The fourth-order valence-electron chi connectivity index (χ4n) is 2.74. The molecule has 7 nitrogen and oxygen atoms in total. The average Bonchev–Trinajstić information content (AvgIpc) is 2.75. The highest BCUT2D eigenvalue weighted by atomic mass is 16.5. The zero-order valence-electron chi connectivity index (χ0n) is 16.2. The van der Waals surface area contributed by atoms with Gasteiger partial charge in [0.25, 0.3) is 5.91 Å². The summed E-state index contributed by atoms with van der Waals surface area (Å²) in [5.41, 5.74) is 2.60. The number of methoxy groups -OCH3 is 1. The number of hydrogen-bond donors (Lipinski definition) is 3. The van der Waals surface area contributed by atoms with Gasteiger partial charge in [0.1, 0.15) is 11.6 Å². The number of benzene rings is 2. The molecule has 1 heterocycles. The SMILES string of the molecule is CNC(=O)Cc1ccc(NC(=O)c2cccnc2Nc2ccccc2OC)cc1. The van der Waals surface area contributed by atoms with Crippen LogP contribution in [0.25, 0.3) is 0 Å². The second kappa shape index (κ2) is 9.36. The maximum absolute atomic E-state index is 12.8. The molecular weight excluding hydrogens is 368 g/mol. The molecule has 2 amide bonds. The summed E-state index contributed by atoms with van der Waals surface area (Å²) in [6.45, 7) is 0. The Morgan fingerprint density at radius 1 is 1.00 bits per heavy atom. The van der Waals surface area contributed by atoms with E-state index < -0.39 is 0 Å². The molecule has 0 atom stereocenters. The zero-order valence-corrected chi connectivity index (χ0v) is 16.2. The number of aromatic nitrogens is 1. The van der Waals surface area contributed by atoms with Crippen LogP contribution in [0, 0.1) is 0 Å². The van der Waals surface area contributed by atoms with Crippen LogP contribution in [0.15, 0.2) is 66.9 Å². The van der Waals surface area contributed by atoms with Crippen LogP contribution in [-0.4, -0.2) is 31.0 Å². The van der Waals surface area contributed by atoms with E-state index in [2.05, 4.69) is 20.9 Å². The monoisotopic (exact) mass is 390 g/mol. The van der Waals surface area contributed by atoms with Crippen molar-refractivity contribution in [2.45, 2.75) is 6.42 Å². The highest BCUT2D eigenvalue weighted by Crippen LogP contribution is 2.27. The molecule has 0 aliphatic rings. The Balaban J connectivity index is 1.75. The van der Waals surface area contributed by atoms with Gasteiger partial charge in [-0.25, -0.2) is 4.98 Å². The van der Waals surface area contributed by atoms with Crippen molar-refractivity contribution in [3.8, 4) is 5.75 Å². The molecule has 3 aromatic rings. The molecule has 0 fully saturated rings. The highest BCUT2D eigenvalue weighted by Gasteiger charge is 2.14. The fourth-order valence-corrected chi connectivity index (χ4v) is 2.74. The van der Waals surface area contributed by atoms with Gasteiger partial charge in [0, 0.05) is 18.9 Å². The summed E-state index contributed by atoms with van der Waals surface area (Å²) in [6.07, 6.45) is 1.91. The van der Waals surface area contributed by atoms with E-state index in [0.29, 0.717) is 34.9 Å². The summed E-state index contributed by atoms with van der Waals surface area (Å²) in [5, 5.41) is 8.60. The predicted octanol–water partition coefficient (Wildman–Crippen LogP) is 3.37. The first-order valence-corrected chi connectivity index (χ1v) is 9.06. The van der Waals surface area contributed by atoms with Crippen molar-refractivity contribution in [2.24, 2.45) is 0 Å². The minimum atomic E-state index is -0.297. The van der Waals surface area contributed by atoms with Crippen molar-refractivity contribution >= 4 is 29.0 Å². The Morgan fingerprint density at radius 2 is 1.76 bits per heavy atom. The van der Waals surface area contributed by atoms with Gasteiger partial charge in [0.15, 0.2) is 0 Å². The minimum Gasteiger partial charge on any atom is -0.495 e. The first-order valence-electron chi connectivity index (χ1n) is 9.06. The maximum atomic E-state index is 12.8. The van der Waals surface area contributed by atoms with Crippen LogP contribution in [0.1, 0.15) is 15.9 Å². The molecule has 2 aromatic carbocycles. The number of hydrogen-bond acceptors (Lipinski definition) is 5. The Hall–Kier alpha value is -3.87. The lowest BCUT2D eigenvalue weighted by molar-refractivity contribution is -0.119. The van der Waals surface area contributed by atoms with Crippen molar-refractivity contribution in [3.05, 3.63) is 78.0 Å². The lowest BCUT2D eigenvalue weighted by Gasteiger charge is -2.13. The number of ether oxygens (including phenoxy) is 1. The van der Waals surface area contributed by atoms with E-state index >= 15 is 0 Å². The molecule has 0 aliphatic heterocycles. The van der Waals surface area contributed by atoms with Gasteiger partial charge in [-0.05, 0) is 42.0 Å². The molecule has 0 aliphatic carbocycles. The van der Waals surface area contributed by atoms with Crippen LogP contribution in [0.5, 0.6) is 5.75 Å². The number of nitrogens with zero attached hydrogens (tertiary/aromatic N) is 1. The van der Waals surface area contributed by atoms with E-state index in [1.165, 1.54) is 0 Å². The molecule has 0 unspecified atom stereocenters. The number of nitrogens with one attached hydrogen (secondary N) is 3. The summed E-state index contributed by atoms with van der Waals surface area (Å²) in [7, 11) is 3.18. The van der Waals surface area contributed by atoms with E-state index in [0.717, 1.165) is 5.56 Å². The van der Waals surface area contributed by atoms with E-state index in [-0.39, 0.29) is 11.8 Å². The van der Waals surface area contributed by atoms with Crippen LogP contribution in [-0.2, 0) is 11.2 Å². The number of rotatable bonds is 7. The summed E-state index contributed by atoms with van der Waals surface area (Å²) in [6, 6.07) is 17.9. The number of pyridine rings is 1. The quantitative estimate of drug-likeness (QED) is 0.575. The van der Waals surface area contributed by atoms with Crippen molar-refractivity contribution in [3.63, 3.8) is 0 Å². The first-order chi connectivity index (χ1) is 14.1. The van der Waals surface area contributed by atoms with E-state index in [9.17, 15) is 9.59 Å². The topological polar surface area (TPSA) is 92.4 Å². The van der Waals surface area contributed by atoms with Crippen molar-refractivity contribution in [2.75, 3.05) is 24.8 Å². The number of carbonyl (C=O) groups is 2. The molecule has 0 saturated carbocycles. The van der Waals surface area contributed by atoms with Crippen LogP contribution in [0.3, 0.4) is 0 Å². The number of likely N-dealkylation sites (N-methyl/N-ethyl adjacent to an activating group) is 1. The van der Waals surface area contributed by atoms with Gasteiger partial charge in [-0.3, -0.25) is 9.59 Å². The van der Waals surface area contributed by atoms with E-state index in [1.807, 2.05) is 36.4 Å². The van der Waals surface area contributed by atoms with Gasteiger partial charge in [-0.1, -0.05) is 24.3 Å². The lowest BCUT2D eigenvalue weighted by atomic mass is 10.1. The molecule has 0 radical (unpaired) electrons. The van der Waals surface area contributed by atoms with E-state index in [1.54, 1.807) is 44.6 Å². The first kappa shape index (κ1) is 19.9. The Bertz CT molecular complexity index is 1000. The summed E-state index contributed by atoms with van der Waals surface area (Å²) in [5.74, 6) is 0.709. The third-order valence-corrected chi connectivity index (χ3v) is 4.27. The second-order valence-electron chi connectivity index (χ2n) is 6.23. The van der Waals surface area contributed by atoms with Crippen molar-refractivity contribution in [1.82, 2.24) is 10.3 Å². The van der Waals surface area contributed by atoms with Crippen molar-refractivity contribution < 1.29 is 14.3 Å². The average molecular weight is 390 g/mol. The van der Waals surface area contributed by atoms with Gasteiger partial charge in [-0.15, -0.1) is 0 Å². The third-order valence-electron chi connectivity index (χ3n) is 4.27. The maximum Gasteiger partial charge on any atom is 0.259 e. The third kappa shape index (κ3) is 5.10. The number of anilines is 3. The highest BCUT2D eigenvalue weighted by molar-refractivity contribution is 6.07. The molecule has 29 heavy (non-hydrogen) atoms. The molecule has 0 bridgehead atoms. The minimum absolute atomic E-state index is 0.0656. The number of carbonyl (C=O) groups excluding carboxylic acids is 2. The van der Waals surface area contributed by atoms with Crippen molar-refractivity contribution in [1.29, 1.82) is 0 Å². The van der Waals surface area contributed by atoms with Gasteiger partial charge < -0.3 is 20.7 Å². The molecule has 0 spiro atoms. The number of amides is 2. The van der Waals surface area contributed by atoms with Crippen LogP contribution >= 0.6 is 0 Å². The zero-order chi connectivity index (χ0) is 20.6. The lowest BCUT2D eigenvalue weighted by Crippen LogP contribution is -2.20. The summed E-state index contributed by atoms with van der Waals surface area (Å²) < 4.78 is 5.34. The predicted molar refractivity (Wildman–Crippen MR) is 113 cm³/mol. The van der Waals surface area contributed by atoms with Crippen LogP contribution in [0.2, 0.25) is 0 Å². The van der Waals surface area contributed by atoms with Gasteiger partial charge in [-0.2, -0.15) is 0 Å². The molecule has 7 heteroatoms. The number of para-hydroxylation sites is 2. The molecule has 0 saturated heterocycles. The molecule has 3 N–H and O–H groups in total. The fraction of sp³-hybridized carbons (Fsp3) is 0.136. The molecular formula is C22H22N4O3. The van der Waals surface area contributed by atoms with Gasteiger partial charge in [0.2, 0.25) is 5.91 Å². The standard InChI is InChI=1S/C22H22N4O3/c1-23-20(27)14-15-9-11-16(12-10-15)25-22(28)17-6-5-13-24-21(17)26-18-7-3-4-8-19(18)29-2/h3-13H,14H2,1-2H3,(H,23,27)(H,24,26)(H,25,28). The molecule has 3 rings (SSSR count). The van der Waals surface area contributed by atoms with Crippen LogP contribution < -0.4 is 20.7 Å².